The van der Waals surface area contributed by atoms with Crippen LogP contribution in [-0.2, 0) is 14.3 Å². The first-order chi connectivity index (χ1) is 10.1. The molecule has 2 N–H and O–H groups in total. The van der Waals surface area contributed by atoms with Crippen molar-refractivity contribution in [2.24, 2.45) is 0 Å². The number of benzene rings is 1. The van der Waals surface area contributed by atoms with Crippen molar-refractivity contribution in [3.05, 3.63) is 41.5 Å². The van der Waals surface area contributed by atoms with Gasteiger partial charge in [0.15, 0.2) is 5.54 Å². The average Bonchev–Trinajstić information content (AvgIpc) is 2.95. The van der Waals surface area contributed by atoms with Gasteiger partial charge in [-0.25, -0.2) is 4.79 Å². The molecule has 1 amide bonds. The van der Waals surface area contributed by atoms with Crippen molar-refractivity contribution in [3.8, 4) is 6.07 Å². The van der Waals surface area contributed by atoms with Crippen LogP contribution in [0.1, 0.15) is 17.5 Å². The van der Waals surface area contributed by atoms with Gasteiger partial charge < -0.3 is 15.2 Å². The molecule has 0 saturated carbocycles. The van der Waals surface area contributed by atoms with Gasteiger partial charge in [-0.05, 0) is 23.8 Å². The van der Waals surface area contributed by atoms with E-state index in [0.717, 1.165) is 0 Å². The average molecular weight is 286 g/mol. The second-order valence-electron chi connectivity index (χ2n) is 4.75. The van der Waals surface area contributed by atoms with Crippen molar-refractivity contribution in [2.45, 2.75) is 12.0 Å². The molecular weight excluding hydrogens is 272 g/mol. The molecule has 1 heterocycles. The van der Waals surface area contributed by atoms with Crippen LogP contribution in [0.4, 0.5) is 0 Å². The van der Waals surface area contributed by atoms with E-state index in [2.05, 4.69) is 5.32 Å². The summed E-state index contributed by atoms with van der Waals surface area (Å²) < 4.78 is 5.06. The maximum absolute atomic E-state index is 11.9. The van der Waals surface area contributed by atoms with Crippen LogP contribution >= 0.6 is 0 Å². The standard InChI is InChI=1S/C15H14N2O4/c16-9-12-3-1-2-11(8-12)4-5-13(18)17-15(14(19)20)6-7-21-10-15/h1-5,8H,6-7,10H2,(H,17,18)(H,19,20). The fourth-order valence-electron chi connectivity index (χ4n) is 2.05. The highest BCUT2D eigenvalue weighted by molar-refractivity contribution is 5.96. The van der Waals surface area contributed by atoms with Crippen molar-refractivity contribution >= 4 is 18.0 Å². The number of amides is 1. The number of nitrogens with one attached hydrogen (secondary N) is 1. The molecule has 6 heteroatoms. The van der Waals surface area contributed by atoms with Gasteiger partial charge >= 0.3 is 5.97 Å². The molecule has 0 aliphatic carbocycles. The lowest BCUT2D eigenvalue weighted by Gasteiger charge is -2.22. The molecular formula is C15H14N2O4. The molecule has 1 aromatic carbocycles. The van der Waals surface area contributed by atoms with E-state index in [9.17, 15) is 14.7 Å². The predicted octanol–water partition coefficient (Wildman–Crippen LogP) is 0.931. The summed E-state index contributed by atoms with van der Waals surface area (Å²) in [6.45, 7) is 0.270. The van der Waals surface area contributed by atoms with Crippen LogP contribution in [0.15, 0.2) is 30.3 Å². The Morgan fingerprint density at radius 3 is 2.90 bits per heavy atom. The number of carboxylic acid groups (broad SMARTS) is 1. The van der Waals surface area contributed by atoms with Gasteiger partial charge in [0.2, 0.25) is 5.91 Å². The molecule has 0 aromatic heterocycles. The van der Waals surface area contributed by atoms with Gasteiger partial charge in [0.25, 0.3) is 0 Å². The lowest BCUT2D eigenvalue weighted by Crippen LogP contribution is -2.54. The Balaban J connectivity index is 2.05. The Bertz CT molecular complexity index is 625. The zero-order chi connectivity index (χ0) is 15.3. The molecule has 2 rings (SSSR count). The number of nitrogens with zero attached hydrogens (tertiary/aromatic N) is 1. The minimum absolute atomic E-state index is 0.0359. The summed E-state index contributed by atoms with van der Waals surface area (Å²) in [5.74, 6) is -1.61. The first-order valence-corrected chi connectivity index (χ1v) is 6.37. The number of carbonyl (C=O) groups is 2. The molecule has 6 nitrogen and oxygen atoms in total. The second kappa shape index (κ2) is 6.20. The van der Waals surface area contributed by atoms with Crippen molar-refractivity contribution < 1.29 is 19.4 Å². The van der Waals surface area contributed by atoms with E-state index in [0.29, 0.717) is 17.7 Å². The normalized spacial score (nSPS) is 21.1. The predicted molar refractivity (Wildman–Crippen MR) is 74.1 cm³/mol. The molecule has 1 fully saturated rings. The van der Waals surface area contributed by atoms with Crippen LogP contribution < -0.4 is 5.32 Å². The number of carbonyl (C=O) groups excluding carboxylic acids is 1. The molecule has 1 aliphatic rings. The van der Waals surface area contributed by atoms with E-state index in [-0.39, 0.29) is 13.0 Å². The second-order valence-corrected chi connectivity index (χ2v) is 4.75. The molecule has 1 aliphatic heterocycles. The third-order valence-corrected chi connectivity index (χ3v) is 3.24. The summed E-state index contributed by atoms with van der Waals surface area (Å²) in [6, 6.07) is 8.75. The van der Waals surface area contributed by atoms with E-state index < -0.39 is 17.4 Å². The van der Waals surface area contributed by atoms with Crippen LogP contribution in [-0.4, -0.2) is 35.7 Å². The number of hydrogen-bond acceptors (Lipinski definition) is 4. The molecule has 0 spiro atoms. The zero-order valence-corrected chi connectivity index (χ0v) is 11.2. The van der Waals surface area contributed by atoms with Crippen LogP contribution in [0, 0.1) is 11.3 Å². The lowest BCUT2D eigenvalue weighted by atomic mass is 9.99. The molecule has 0 radical (unpaired) electrons. The lowest BCUT2D eigenvalue weighted by molar-refractivity contribution is -0.147. The largest absolute Gasteiger partial charge is 0.479 e. The number of ether oxygens (including phenoxy) is 1. The van der Waals surface area contributed by atoms with Gasteiger partial charge in [-0.1, -0.05) is 12.1 Å². The number of aliphatic carboxylic acids is 1. The molecule has 1 unspecified atom stereocenters. The Kier molecular flexibility index (Phi) is 4.36. The highest BCUT2D eigenvalue weighted by atomic mass is 16.5. The summed E-state index contributed by atoms with van der Waals surface area (Å²) in [4.78, 5) is 23.1. The van der Waals surface area contributed by atoms with Crippen molar-refractivity contribution in [3.63, 3.8) is 0 Å². The molecule has 108 valence electrons. The summed E-state index contributed by atoms with van der Waals surface area (Å²) in [6.07, 6.45) is 3.02. The monoisotopic (exact) mass is 286 g/mol. The van der Waals surface area contributed by atoms with E-state index >= 15 is 0 Å². The minimum Gasteiger partial charge on any atom is -0.479 e. The van der Waals surface area contributed by atoms with E-state index in [1.807, 2.05) is 6.07 Å². The van der Waals surface area contributed by atoms with Crippen LogP contribution in [0.2, 0.25) is 0 Å². The Morgan fingerprint density at radius 2 is 2.29 bits per heavy atom. The fraction of sp³-hybridized carbons (Fsp3) is 0.267. The van der Waals surface area contributed by atoms with Gasteiger partial charge in [-0.2, -0.15) is 5.26 Å². The molecule has 0 bridgehead atoms. The fourth-order valence-corrected chi connectivity index (χ4v) is 2.05. The minimum atomic E-state index is -1.35. The van der Waals surface area contributed by atoms with Gasteiger partial charge in [-0.3, -0.25) is 4.79 Å². The number of carboxylic acids is 1. The first-order valence-electron chi connectivity index (χ1n) is 6.37. The quantitative estimate of drug-likeness (QED) is 0.802. The maximum Gasteiger partial charge on any atom is 0.331 e. The van der Waals surface area contributed by atoms with Crippen LogP contribution in [0.5, 0.6) is 0 Å². The Morgan fingerprint density at radius 1 is 1.48 bits per heavy atom. The number of hydrogen-bond donors (Lipinski definition) is 2. The van der Waals surface area contributed by atoms with Gasteiger partial charge in [-0.15, -0.1) is 0 Å². The molecule has 1 aromatic rings. The topological polar surface area (TPSA) is 99.4 Å². The number of rotatable bonds is 4. The highest BCUT2D eigenvalue weighted by Crippen LogP contribution is 2.19. The van der Waals surface area contributed by atoms with Crippen molar-refractivity contribution in [1.82, 2.24) is 5.32 Å². The molecule has 21 heavy (non-hydrogen) atoms. The van der Waals surface area contributed by atoms with Crippen LogP contribution in [0.3, 0.4) is 0 Å². The third kappa shape index (κ3) is 3.46. The van der Waals surface area contributed by atoms with E-state index in [1.54, 1.807) is 24.3 Å². The summed E-state index contributed by atoms with van der Waals surface area (Å²) in [5.41, 5.74) is -0.171. The van der Waals surface area contributed by atoms with Crippen molar-refractivity contribution in [1.29, 1.82) is 5.26 Å². The Labute approximate surface area is 121 Å². The van der Waals surface area contributed by atoms with Crippen LogP contribution in [0.25, 0.3) is 6.08 Å². The number of nitriles is 1. The summed E-state index contributed by atoms with van der Waals surface area (Å²) in [7, 11) is 0. The van der Waals surface area contributed by atoms with Gasteiger partial charge in [0, 0.05) is 19.1 Å². The molecule has 1 saturated heterocycles. The Hall–Kier alpha value is -2.65. The van der Waals surface area contributed by atoms with E-state index in [1.165, 1.54) is 12.2 Å². The maximum atomic E-state index is 11.9. The smallest absolute Gasteiger partial charge is 0.331 e. The summed E-state index contributed by atoms with van der Waals surface area (Å²) in [5, 5.41) is 20.5. The zero-order valence-electron chi connectivity index (χ0n) is 11.2. The molecule has 1 atom stereocenters. The first kappa shape index (κ1) is 14.8. The van der Waals surface area contributed by atoms with Gasteiger partial charge in [0.05, 0.1) is 18.2 Å². The highest BCUT2D eigenvalue weighted by Gasteiger charge is 2.43. The SMILES string of the molecule is N#Cc1cccc(C=CC(=O)NC2(C(=O)O)CCOC2)c1. The third-order valence-electron chi connectivity index (χ3n) is 3.24. The van der Waals surface area contributed by atoms with Gasteiger partial charge in [0.1, 0.15) is 0 Å². The van der Waals surface area contributed by atoms with E-state index in [4.69, 9.17) is 10.00 Å². The summed E-state index contributed by atoms with van der Waals surface area (Å²) >= 11 is 0. The van der Waals surface area contributed by atoms with Crippen molar-refractivity contribution in [2.75, 3.05) is 13.2 Å².